The number of esters is 3. The van der Waals surface area contributed by atoms with Gasteiger partial charge < -0.3 is 18.9 Å². The molecule has 3 aromatic carbocycles. The largest absolute Gasteiger partial charge is 0.459 e. The Labute approximate surface area is 264 Å². The van der Waals surface area contributed by atoms with Gasteiger partial charge in [-0.05, 0) is 54.1 Å². The summed E-state index contributed by atoms with van der Waals surface area (Å²) in [6.07, 6.45) is -3.68. The SMILES string of the molecule is [N-]=[N+]=N[C@]1(COC(=O)c2cccc(Cl)c2)OC(n2ccc(=S)[nH]c2=O)[C@H](OC(=O)c2ccccc2)[C@@H]1OC(=O)c1ccccc1. The molecule has 0 spiro atoms. The van der Waals surface area contributed by atoms with Crippen LogP contribution in [-0.2, 0) is 18.9 Å². The van der Waals surface area contributed by atoms with E-state index >= 15 is 0 Å². The van der Waals surface area contributed by atoms with Crippen LogP contribution in [0.5, 0.6) is 0 Å². The van der Waals surface area contributed by atoms with Crippen molar-refractivity contribution >= 4 is 41.7 Å². The standard InChI is InChI=1S/C30H22ClN5O8S/c31-21-13-7-12-20(16-21)26(37)41-17-30(34-35-32)24(43-28(39)19-10-5-2-6-11-19)23(42-27(38)18-8-3-1-4-9-18)25(44-30)36-15-14-22(45)33-29(36)40/h1-16,23-25H,17H2,(H,33,40,45)/t23-,24+,25?,30-/m1/s1. The minimum Gasteiger partial charge on any atom is -0.459 e. The highest BCUT2D eigenvalue weighted by molar-refractivity contribution is 7.71. The molecule has 1 N–H and O–H groups in total. The van der Waals surface area contributed by atoms with Crippen molar-refractivity contribution in [3.8, 4) is 0 Å². The molecule has 4 atom stereocenters. The van der Waals surface area contributed by atoms with E-state index < -0.39 is 54.4 Å². The molecular formula is C30H22ClN5O8S. The van der Waals surface area contributed by atoms with Gasteiger partial charge in [-0.2, -0.15) is 0 Å². The Morgan fingerprint density at radius 1 is 0.933 bits per heavy atom. The predicted molar refractivity (Wildman–Crippen MR) is 161 cm³/mol. The average molecular weight is 648 g/mol. The van der Waals surface area contributed by atoms with Crippen molar-refractivity contribution in [1.29, 1.82) is 0 Å². The van der Waals surface area contributed by atoms with E-state index in [1.165, 1.54) is 54.7 Å². The number of H-pyrrole nitrogens is 1. The fourth-order valence-electron chi connectivity index (χ4n) is 4.56. The topological polar surface area (TPSA) is 175 Å². The van der Waals surface area contributed by atoms with Crippen molar-refractivity contribution in [2.24, 2.45) is 5.11 Å². The van der Waals surface area contributed by atoms with E-state index in [0.717, 1.165) is 4.57 Å². The molecule has 4 aromatic rings. The number of rotatable bonds is 9. The lowest BCUT2D eigenvalue weighted by atomic mass is 10.0. The van der Waals surface area contributed by atoms with Crippen molar-refractivity contribution in [3.63, 3.8) is 0 Å². The zero-order valence-corrected chi connectivity index (χ0v) is 24.6. The minimum atomic E-state index is -2.34. The van der Waals surface area contributed by atoms with Crippen LogP contribution in [0.1, 0.15) is 37.3 Å². The van der Waals surface area contributed by atoms with Crippen LogP contribution in [-0.4, -0.2) is 52.0 Å². The molecule has 15 heteroatoms. The summed E-state index contributed by atoms with van der Waals surface area (Å²) in [5, 5.41) is 4.02. The molecule has 228 valence electrons. The van der Waals surface area contributed by atoms with E-state index in [1.807, 2.05) is 0 Å². The molecule has 1 unspecified atom stereocenters. The molecule has 1 fully saturated rings. The molecule has 1 aromatic heterocycles. The highest BCUT2D eigenvalue weighted by atomic mass is 35.5. The molecular weight excluding hydrogens is 626 g/mol. The van der Waals surface area contributed by atoms with Gasteiger partial charge >= 0.3 is 23.6 Å². The van der Waals surface area contributed by atoms with Crippen LogP contribution in [0.15, 0.2) is 107 Å². The van der Waals surface area contributed by atoms with Crippen molar-refractivity contribution in [2.75, 3.05) is 6.61 Å². The highest BCUT2D eigenvalue weighted by Crippen LogP contribution is 2.43. The number of aromatic amines is 1. The zero-order chi connectivity index (χ0) is 32.0. The second-order valence-electron chi connectivity index (χ2n) is 9.57. The van der Waals surface area contributed by atoms with Gasteiger partial charge in [-0.3, -0.25) is 9.55 Å². The minimum absolute atomic E-state index is 0.0601. The summed E-state index contributed by atoms with van der Waals surface area (Å²) in [6, 6.07) is 22.9. The van der Waals surface area contributed by atoms with Gasteiger partial charge in [0.1, 0.15) is 11.2 Å². The zero-order valence-electron chi connectivity index (χ0n) is 23.0. The molecule has 2 heterocycles. The summed E-state index contributed by atoms with van der Waals surface area (Å²) in [7, 11) is 0. The van der Waals surface area contributed by atoms with E-state index in [-0.39, 0.29) is 26.4 Å². The number of hydrogen-bond donors (Lipinski definition) is 1. The number of hydrogen-bond acceptors (Lipinski definition) is 10. The summed E-state index contributed by atoms with van der Waals surface area (Å²) in [6.45, 7) is -0.831. The van der Waals surface area contributed by atoms with Crippen LogP contribution in [0.3, 0.4) is 0 Å². The summed E-state index contributed by atoms with van der Waals surface area (Å²) >= 11 is 11.1. The van der Waals surface area contributed by atoms with Gasteiger partial charge in [0.25, 0.3) is 0 Å². The Hall–Kier alpha value is -5.27. The fraction of sp³-hybridized carbons (Fsp3) is 0.167. The second kappa shape index (κ2) is 13.6. The maximum absolute atomic E-state index is 13.4. The Balaban J connectivity index is 1.61. The Morgan fingerprint density at radius 3 is 2.16 bits per heavy atom. The molecule has 1 aliphatic rings. The Bertz CT molecular complexity index is 1900. The van der Waals surface area contributed by atoms with Crippen LogP contribution in [0.25, 0.3) is 10.4 Å². The van der Waals surface area contributed by atoms with Crippen LogP contribution in [0, 0.1) is 4.64 Å². The first-order valence-corrected chi connectivity index (χ1v) is 14.0. The lowest BCUT2D eigenvalue weighted by Crippen LogP contribution is -2.49. The first kappa shape index (κ1) is 31.2. The van der Waals surface area contributed by atoms with E-state index in [1.54, 1.807) is 42.5 Å². The third kappa shape index (κ3) is 6.95. The first-order chi connectivity index (χ1) is 21.7. The molecule has 1 saturated heterocycles. The number of benzene rings is 3. The van der Waals surface area contributed by atoms with Crippen LogP contribution in [0.4, 0.5) is 0 Å². The summed E-state index contributed by atoms with van der Waals surface area (Å²) in [4.78, 5) is 58.1. The molecule has 0 radical (unpaired) electrons. The van der Waals surface area contributed by atoms with Gasteiger partial charge in [-0.25, -0.2) is 19.2 Å². The lowest BCUT2D eigenvalue weighted by Gasteiger charge is -2.29. The molecule has 1 aliphatic heterocycles. The Kier molecular flexibility index (Phi) is 9.40. The lowest BCUT2D eigenvalue weighted by molar-refractivity contribution is -0.129. The van der Waals surface area contributed by atoms with Gasteiger partial charge in [0.2, 0.25) is 5.72 Å². The van der Waals surface area contributed by atoms with E-state index in [0.29, 0.717) is 0 Å². The molecule has 45 heavy (non-hydrogen) atoms. The number of halogens is 1. The number of ether oxygens (including phenoxy) is 4. The molecule has 0 amide bonds. The third-order valence-corrected chi connectivity index (χ3v) is 7.13. The van der Waals surface area contributed by atoms with Crippen LogP contribution in [0.2, 0.25) is 5.02 Å². The number of carbonyl (C=O) groups is 3. The summed E-state index contributed by atoms with van der Waals surface area (Å²) in [5.74, 6) is -2.67. The van der Waals surface area contributed by atoms with Crippen LogP contribution >= 0.6 is 23.8 Å². The van der Waals surface area contributed by atoms with Crippen LogP contribution < -0.4 is 5.69 Å². The second-order valence-corrected chi connectivity index (χ2v) is 10.5. The van der Waals surface area contributed by atoms with E-state index in [4.69, 9.17) is 42.8 Å². The maximum atomic E-state index is 13.4. The van der Waals surface area contributed by atoms with E-state index in [9.17, 15) is 24.7 Å². The molecule has 13 nitrogen and oxygen atoms in total. The number of carbonyl (C=O) groups excluding carboxylic acids is 3. The summed E-state index contributed by atoms with van der Waals surface area (Å²) < 4.78 is 24.3. The van der Waals surface area contributed by atoms with Gasteiger partial charge in [0.05, 0.1) is 16.7 Å². The third-order valence-electron chi connectivity index (χ3n) is 6.65. The smallest absolute Gasteiger partial charge is 0.338 e. The summed E-state index contributed by atoms with van der Waals surface area (Å²) in [5.41, 5.74) is 6.81. The monoisotopic (exact) mass is 647 g/mol. The van der Waals surface area contributed by atoms with Gasteiger partial charge in [0.15, 0.2) is 18.4 Å². The van der Waals surface area contributed by atoms with Crippen molar-refractivity contribution in [1.82, 2.24) is 9.55 Å². The number of nitrogens with zero attached hydrogens (tertiary/aromatic N) is 4. The molecule has 0 saturated carbocycles. The Morgan fingerprint density at radius 2 is 1.56 bits per heavy atom. The molecule has 0 aliphatic carbocycles. The average Bonchev–Trinajstić information content (AvgIpc) is 3.32. The number of azide groups is 1. The van der Waals surface area contributed by atoms with Gasteiger partial charge in [0, 0.05) is 16.1 Å². The predicted octanol–water partition coefficient (Wildman–Crippen LogP) is 5.40. The van der Waals surface area contributed by atoms with Crippen molar-refractivity contribution in [3.05, 3.63) is 144 Å². The fourth-order valence-corrected chi connectivity index (χ4v) is 4.90. The maximum Gasteiger partial charge on any atom is 0.338 e. The van der Waals surface area contributed by atoms with Crippen molar-refractivity contribution < 1.29 is 33.3 Å². The van der Waals surface area contributed by atoms with Gasteiger partial charge in [-0.1, -0.05) is 71.4 Å². The molecule has 0 bridgehead atoms. The number of aromatic nitrogens is 2. The van der Waals surface area contributed by atoms with Crippen molar-refractivity contribution in [2.45, 2.75) is 24.2 Å². The highest BCUT2D eigenvalue weighted by Gasteiger charge is 2.61. The first-order valence-electron chi connectivity index (χ1n) is 13.2. The normalized spacial score (nSPS) is 20.4. The quantitative estimate of drug-likeness (QED) is 0.0622. The number of nitrogens with one attached hydrogen (secondary N) is 1. The van der Waals surface area contributed by atoms with Gasteiger partial charge in [-0.15, -0.1) is 0 Å². The van der Waals surface area contributed by atoms with E-state index in [2.05, 4.69) is 15.0 Å². The molecule has 5 rings (SSSR count).